The first kappa shape index (κ1) is 19.3. The molecule has 0 aliphatic carbocycles. The van der Waals surface area contributed by atoms with E-state index in [0.717, 1.165) is 44.2 Å². The van der Waals surface area contributed by atoms with Crippen molar-refractivity contribution in [1.29, 1.82) is 0 Å². The van der Waals surface area contributed by atoms with Crippen molar-refractivity contribution in [2.24, 2.45) is 0 Å². The lowest BCUT2D eigenvalue weighted by Crippen LogP contribution is -2.55. The van der Waals surface area contributed by atoms with Crippen LogP contribution in [0.3, 0.4) is 0 Å². The molecule has 1 atom stereocenters. The van der Waals surface area contributed by atoms with Crippen LogP contribution in [0.25, 0.3) is 0 Å². The lowest BCUT2D eigenvalue weighted by Gasteiger charge is -2.36. The van der Waals surface area contributed by atoms with Crippen LogP contribution in [0, 0.1) is 0 Å². The van der Waals surface area contributed by atoms with Crippen molar-refractivity contribution in [3.63, 3.8) is 0 Å². The van der Waals surface area contributed by atoms with E-state index in [1.807, 2.05) is 12.1 Å². The molecular formula is C19H29N3O3S. The first-order chi connectivity index (χ1) is 12.5. The van der Waals surface area contributed by atoms with Crippen molar-refractivity contribution in [1.82, 2.24) is 14.5 Å². The predicted molar refractivity (Wildman–Crippen MR) is 101 cm³/mol. The summed E-state index contributed by atoms with van der Waals surface area (Å²) < 4.78 is 27.2. The Balaban J connectivity index is 1.60. The van der Waals surface area contributed by atoms with Gasteiger partial charge >= 0.3 is 0 Å². The van der Waals surface area contributed by atoms with Gasteiger partial charge in [-0.15, -0.1) is 0 Å². The Morgan fingerprint density at radius 1 is 1.12 bits per heavy atom. The lowest BCUT2D eigenvalue weighted by molar-refractivity contribution is -0.135. The summed E-state index contributed by atoms with van der Waals surface area (Å²) in [6, 6.07) is 7.08. The van der Waals surface area contributed by atoms with Crippen molar-refractivity contribution >= 4 is 15.9 Å². The van der Waals surface area contributed by atoms with Crippen LogP contribution in [-0.2, 0) is 21.2 Å². The monoisotopic (exact) mass is 379 g/mol. The Hall–Kier alpha value is -1.44. The largest absolute Gasteiger partial charge is 0.339 e. The maximum atomic E-state index is 12.8. The molecule has 2 aliphatic rings. The molecular weight excluding hydrogens is 350 g/mol. The standard InChI is InChI=1S/C19H29N3O3S/c1-2-5-16-7-9-17(10-8-16)26(24,25)22-14-12-21(13-15-22)19(23)18-6-3-4-11-20-18/h7-10,18,20H,2-6,11-15H2,1H3. The van der Waals surface area contributed by atoms with E-state index in [4.69, 9.17) is 0 Å². The van der Waals surface area contributed by atoms with Gasteiger partial charge in [0.15, 0.2) is 0 Å². The number of rotatable bonds is 5. The number of hydrogen-bond donors (Lipinski definition) is 1. The molecule has 7 heteroatoms. The fourth-order valence-corrected chi connectivity index (χ4v) is 5.12. The van der Waals surface area contributed by atoms with Crippen molar-refractivity contribution in [2.75, 3.05) is 32.7 Å². The zero-order chi connectivity index (χ0) is 18.6. The highest BCUT2D eigenvalue weighted by atomic mass is 32.2. The first-order valence-corrected chi connectivity index (χ1v) is 11.1. The maximum absolute atomic E-state index is 12.8. The van der Waals surface area contributed by atoms with Crippen LogP contribution in [0.1, 0.15) is 38.2 Å². The Bertz CT molecular complexity index is 704. The molecule has 0 aromatic heterocycles. The van der Waals surface area contributed by atoms with Crippen molar-refractivity contribution in [3.05, 3.63) is 29.8 Å². The Kier molecular flexibility index (Phi) is 6.32. The number of carbonyl (C=O) groups is 1. The molecule has 2 fully saturated rings. The van der Waals surface area contributed by atoms with E-state index in [2.05, 4.69) is 12.2 Å². The summed E-state index contributed by atoms with van der Waals surface area (Å²) in [7, 11) is -3.49. The second-order valence-corrected chi connectivity index (χ2v) is 9.06. The van der Waals surface area contributed by atoms with Crippen LogP contribution in [-0.4, -0.2) is 62.3 Å². The van der Waals surface area contributed by atoms with Gasteiger partial charge in [0, 0.05) is 26.2 Å². The Labute approximate surface area is 156 Å². The van der Waals surface area contributed by atoms with Crippen LogP contribution in [0.2, 0.25) is 0 Å². The molecule has 1 amide bonds. The van der Waals surface area contributed by atoms with Crippen LogP contribution in [0.15, 0.2) is 29.2 Å². The highest BCUT2D eigenvalue weighted by Crippen LogP contribution is 2.20. The number of hydrogen-bond acceptors (Lipinski definition) is 4. The normalized spacial score (nSPS) is 22.3. The van der Waals surface area contributed by atoms with E-state index in [1.165, 1.54) is 4.31 Å². The summed E-state index contributed by atoms with van der Waals surface area (Å²) >= 11 is 0. The third-order valence-electron chi connectivity index (χ3n) is 5.26. The summed E-state index contributed by atoms with van der Waals surface area (Å²) in [5.74, 6) is 0.116. The third kappa shape index (κ3) is 4.27. The SMILES string of the molecule is CCCc1ccc(S(=O)(=O)N2CCN(C(=O)C3CCCCN3)CC2)cc1. The van der Waals surface area contributed by atoms with Gasteiger partial charge in [0.1, 0.15) is 0 Å². The molecule has 3 rings (SSSR count). The number of nitrogens with zero attached hydrogens (tertiary/aromatic N) is 2. The van der Waals surface area contributed by atoms with E-state index >= 15 is 0 Å². The first-order valence-electron chi connectivity index (χ1n) is 9.63. The second-order valence-electron chi connectivity index (χ2n) is 7.13. The van der Waals surface area contributed by atoms with E-state index in [9.17, 15) is 13.2 Å². The topological polar surface area (TPSA) is 69.7 Å². The molecule has 1 aromatic carbocycles. The maximum Gasteiger partial charge on any atom is 0.243 e. The van der Waals surface area contributed by atoms with E-state index < -0.39 is 10.0 Å². The smallest absolute Gasteiger partial charge is 0.243 e. The molecule has 1 N–H and O–H groups in total. The molecule has 2 saturated heterocycles. The number of carbonyl (C=O) groups excluding carboxylic acids is 1. The molecule has 0 spiro atoms. The van der Waals surface area contributed by atoms with Gasteiger partial charge in [-0.2, -0.15) is 4.31 Å². The number of benzene rings is 1. The van der Waals surface area contributed by atoms with Crippen molar-refractivity contribution in [2.45, 2.75) is 50.0 Å². The average molecular weight is 380 g/mol. The van der Waals surface area contributed by atoms with E-state index in [-0.39, 0.29) is 11.9 Å². The Morgan fingerprint density at radius 2 is 1.81 bits per heavy atom. The zero-order valence-electron chi connectivity index (χ0n) is 15.5. The quantitative estimate of drug-likeness (QED) is 0.844. The number of sulfonamides is 1. The summed E-state index contributed by atoms with van der Waals surface area (Å²) in [5.41, 5.74) is 1.15. The number of aryl methyl sites for hydroxylation is 1. The fourth-order valence-electron chi connectivity index (χ4n) is 3.70. The molecule has 0 bridgehead atoms. The van der Waals surface area contributed by atoms with Crippen LogP contribution >= 0.6 is 0 Å². The van der Waals surface area contributed by atoms with Gasteiger partial charge in [-0.25, -0.2) is 8.42 Å². The van der Waals surface area contributed by atoms with E-state index in [0.29, 0.717) is 31.1 Å². The minimum absolute atomic E-state index is 0.0991. The third-order valence-corrected chi connectivity index (χ3v) is 7.17. The van der Waals surface area contributed by atoms with Gasteiger partial charge in [0.2, 0.25) is 15.9 Å². The highest BCUT2D eigenvalue weighted by Gasteiger charge is 2.32. The molecule has 2 aliphatic heterocycles. The number of piperidine rings is 1. The minimum atomic E-state index is -3.49. The molecule has 2 heterocycles. The van der Waals surface area contributed by atoms with Gasteiger partial charge in [0.25, 0.3) is 0 Å². The Morgan fingerprint density at radius 3 is 2.38 bits per heavy atom. The summed E-state index contributed by atoms with van der Waals surface area (Å²) in [5, 5.41) is 3.28. The van der Waals surface area contributed by atoms with Crippen LogP contribution in [0.5, 0.6) is 0 Å². The molecule has 6 nitrogen and oxygen atoms in total. The molecule has 1 aromatic rings. The summed E-state index contributed by atoms with van der Waals surface area (Å²) in [4.78, 5) is 14.7. The zero-order valence-corrected chi connectivity index (χ0v) is 16.3. The molecule has 26 heavy (non-hydrogen) atoms. The average Bonchev–Trinajstić information content (AvgIpc) is 2.69. The minimum Gasteiger partial charge on any atom is -0.339 e. The molecule has 1 unspecified atom stereocenters. The molecule has 0 saturated carbocycles. The number of amides is 1. The van der Waals surface area contributed by atoms with Gasteiger partial charge in [-0.1, -0.05) is 31.9 Å². The molecule has 0 radical (unpaired) electrons. The summed E-state index contributed by atoms with van der Waals surface area (Å²) in [6.45, 7) is 4.64. The van der Waals surface area contributed by atoms with Gasteiger partial charge in [-0.3, -0.25) is 4.79 Å². The van der Waals surface area contributed by atoms with Gasteiger partial charge in [-0.05, 0) is 43.5 Å². The number of piperazine rings is 1. The van der Waals surface area contributed by atoms with Crippen molar-refractivity contribution in [3.8, 4) is 0 Å². The van der Waals surface area contributed by atoms with Crippen molar-refractivity contribution < 1.29 is 13.2 Å². The second kappa shape index (κ2) is 8.50. The predicted octanol–water partition coefficient (Wildman–Crippen LogP) is 1.61. The van der Waals surface area contributed by atoms with E-state index in [1.54, 1.807) is 17.0 Å². The van der Waals surface area contributed by atoms with Gasteiger partial charge < -0.3 is 10.2 Å². The number of nitrogens with one attached hydrogen (secondary N) is 1. The van der Waals surface area contributed by atoms with Crippen LogP contribution in [0.4, 0.5) is 0 Å². The highest BCUT2D eigenvalue weighted by molar-refractivity contribution is 7.89. The van der Waals surface area contributed by atoms with Gasteiger partial charge in [0.05, 0.1) is 10.9 Å². The fraction of sp³-hybridized carbons (Fsp3) is 0.632. The lowest BCUT2D eigenvalue weighted by atomic mass is 10.0. The summed E-state index contributed by atoms with van der Waals surface area (Å²) in [6.07, 6.45) is 5.06. The van der Waals surface area contributed by atoms with Crippen LogP contribution < -0.4 is 5.32 Å². The molecule has 144 valence electrons.